The van der Waals surface area contributed by atoms with E-state index in [4.69, 9.17) is 4.74 Å². The molecule has 0 saturated heterocycles. The fourth-order valence-electron chi connectivity index (χ4n) is 2.03. The molecule has 0 bridgehead atoms. The molecule has 0 aromatic heterocycles. The van der Waals surface area contributed by atoms with E-state index >= 15 is 0 Å². The van der Waals surface area contributed by atoms with E-state index in [1.807, 2.05) is 14.1 Å². The molecule has 0 aliphatic heterocycles. The van der Waals surface area contributed by atoms with Gasteiger partial charge in [0, 0.05) is 39.5 Å². The van der Waals surface area contributed by atoms with Crippen molar-refractivity contribution in [3.8, 4) is 0 Å². The SMILES string of the molecule is CCC(NCC(O)COC)c1ccc(N(C)C)cc1. The molecule has 19 heavy (non-hydrogen) atoms. The maximum Gasteiger partial charge on any atom is 0.0897 e. The zero-order valence-electron chi connectivity index (χ0n) is 12.4. The van der Waals surface area contributed by atoms with Gasteiger partial charge in [-0.1, -0.05) is 19.1 Å². The second-order valence-corrected chi connectivity index (χ2v) is 4.96. The van der Waals surface area contributed by atoms with Gasteiger partial charge in [-0.25, -0.2) is 0 Å². The second kappa shape index (κ2) is 8.15. The fraction of sp³-hybridized carbons (Fsp3) is 0.600. The molecule has 4 heteroatoms. The third-order valence-corrected chi connectivity index (χ3v) is 3.18. The number of ether oxygens (including phenoxy) is 1. The maximum atomic E-state index is 9.66. The van der Waals surface area contributed by atoms with Crippen LogP contribution in [0.2, 0.25) is 0 Å². The molecule has 0 radical (unpaired) electrons. The second-order valence-electron chi connectivity index (χ2n) is 4.96. The summed E-state index contributed by atoms with van der Waals surface area (Å²) in [6.45, 7) is 3.05. The first-order valence-electron chi connectivity index (χ1n) is 6.76. The Morgan fingerprint density at radius 3 is 2.37 bits per heavy atom. The molecule has 1 aromatic rings. The summed E-state index contributed by atoms with van der Waals surface area (Å²) in [7, 11) is 5.66. The first-order valence-corrected chi connectivity index (χ1v) is 6.76. The monoisotopic (exact) mass is 266 g/mol. The number of rotatable bonds is 8. The van der Waals surface area contributed by atoms with Crippen LogP contribution in [0.5, 0.6) is 0 Å². The average molecular weight is 266 g/mol. The number of benzene rings is 1. The van der Waals surface area contributed by atoms with Crippen LogP contribution < -0.4 is 10.2 Å². The average Bonchev–Trinajstić information content (AvgIpc) is 2.40. The van der Waals surface area contributed by atoms with Crippen LogP contribution in [0.1, 0.15) is 24.9 Å². The van der Waals surface area contributed by atoms with Crippen LogP contribution in [0.15, 0.2) is 24.3 Å². The lowest BCUT2D eigenvalue weighted by molar-refractivity contribution is 0.0626. The molecule has 1 aromatic carbocycles. The molecule has 0 spiro atoms. The Bertz CT molecular complexity index is 352. The molecule has 2 N–H and O–H groups in total. The van der Waals surface area contributed by atoms with Crippen molar-refractivity contribution in [2.45, 2.75) is 25.5 Å². The summed E-state index contributed by atoms with van der Waals surface area (Å²) in [6, 6.07) is 8.78. The molecule has 4 nitrogen and oxygen atoms in total. The molecule has 1 rings (SSSR count). The zero-order chi connectivity index (χ0) is 14.3. The quantitative estimate of drug-likeness (QED) is 0.753. The van der Waals surface area contributed by atoms with Crippen molar-refractivity contribution >= 4 is 5.69 Å². The van der Waals surface area contributed by atoms with Crippen LogP contribution in [0, 0.1) is 0 Å². The van der Waals surface area contributed by atoms with E-state index < -0.39 is 6.10 Å². The first kappa shape index (κ1) is 16.0. The van der Waals surface area contributed by atoms with Crippen LogP contribution in [-0.2, 0) is 4.74 Å². The Hall–Kier alpha value is -1.10. The molecular weight excluding hydrogens is 240 g/mol. The summed E-state index contributed by atoms with van der Waals surface area (Å²) in [5.74, 6) is 0. The van der Waals surface area contributed by atoms with Gasteiger partial charge in [0.05, 0.1) is 12.7 Å². The van der Waals surface area contributed by atoms with Gasteiger partial charge in [0.15, 0.2) is 0 Å². The van der Waals surface area contributed by atoms with Gasteiger partial charge in [0.2, 0.25) is 0 Å². The van der Waals surface area contributed by atoms with E-state index in [0.717, 1.165) is 6.42 Å². The van der Waals surface area contributed by atoms with Crippen molar-refractivity contribution < 1.29 is 9.84 Å². The number of methoxy groups -OCH3 is 1. The van der Waals surface area contributed by atoms with E-state index in [9.17, 15) is 5.11 Å². The molecule has 108 valence electrons. The lowest BCUT2D eigenvalue weighted by Gasteiger charge is -2.21. The van der Waals surface area contributed by atoms with Gasteiger partial charge >= 0.3 is 0 Å². The summed E-state index contributed by atoms with van der Waals surface area (Å²) in [5.41, 5.74) is 2.44. The number of nitrogens with one attached hydrogen (secondary N) is 1. The molecule has 0 saturated carbocycles. The Kier molecular flexibility index (Phi) is 6.84. The van der Waals surface area contributed by atoms with Crippen LogP contribution in [0.25, 0.3) is 0 Å². The van der Waals surface area contributed by atoms with Crippen molar-refractivity contribution in [3.05, 3.63) is 29.8 Å². The van der Waals surface area contributed by atoms with E-state index in [1.165, 1.54) is 11.3 Å². The summed E-state index contributed by atoms with van der Waals surface area (Å²) in [4.78, 5) is 2.08. The Balaban J connectivity index is 2.59. The predicted molar refractivity (Wildman–Crippen MR) is 79.7 cm³/mol. The maximum absolute atomic E-state index is 9.66. The molecule has 2 unspecified atom stereocenters. The summed E-state index contributed by atoms with van der Waals surface area (Å²) in [5, 5.41) is 13.0. The van der Waals surface area contributed by atoms with E-state index in [1.54, 1.807) is 7.11 Å². The standard InChI is InChI=1S/C15H26N2O2/c1-5-15(16-10-14(18)11-19-4)12-6-8-13(9-7-12)17(2)3/h6-9,14-16,18H,5,10-11H2,1-4H3. The van der Waals surface area contributed by atoms with E-state index in [2.05, 4.69) is 41.4 Å². The van der Waals surface area contributed by atoms with Gasteiger partial charge in [-0.2, -0.15) is 0 Å². The van der Waals surface area contributed by atoms with Gasteiger partial charge in [-0.15, -0.1) is 0 Å². The van der Waals surface area contributed by atoms with Gasteiger partial charge in [0.25, 0.3) is 0 Å². The molecule has 0 heterocycles. The van der Waals surface area contributed by atoms with Crippen LogP contribution >= 0.6 is 0 Å². The number of aliphatic hydroxyl groups excluding tert-OH is 1. The third-order valence-electron chi connectivity index (χ3n) is 3.18. The van der Waals surface area contributed by atoms with Gasteiger partial charge in [-0.05, 0) is 24.1 Å². The Labute approximate surface area is 116 Å². The zero-order valence-corrected chi connectivity index (χ0v) is 12.4. The predicted octanol–water partition coefficient (Wildman–Crippen LogP) is 1.80. The normalized spacial score (nSPS) is 14.2. The van der Waals surface area contributed by atoms with Crippen LogP contribution in [0.3, 0.4) is 0 Å². The number of nitrogens with zero attached hydrogens (tertiary/aromatic N) is 1. The first-order chi connectivity index (χ1) is 9.08. The van der Waals surface area contributed by atoms with E-state index in [0.29, 0.717) is 13.2 Å². The van der Waals surface area contributed by atoms with Crippen LogP contribution in [-0.4, -0.2) is 45.6 Å². The topological polar surface area (TPSA) is 44.7 Å². The highest BCUT2D eigenvalue weighted by atomic mass is 16.5. The van der Waals surface area contributed by atoms with Gasteiger partial charge in [0.1, 0.15) is 0 Å². The minimum atomic E-state index is -0.458. The van der Waals surface area contributed by atoms with Gasteiger partial charge < -0.3 is 20.1 Å². The minimum Gasteiger partial charge on any atom is -0.389 e. The van der Waals surface area contributed by atoms with Crippen LogP contribution in [0.4, 0.5) is 5.69 Å². The molecule has 0 amide bonds. The minimum absolute atomic E-state index is 0.266. The lowest BCUT2D eigenvalue weighted by Crippen LogP contribution is -2.32. The lowest BCUT2D eigenvalue weighted by atomic mass is 10.0. The molecule has 0 fully saturated rings. The van der Waals surface area contributed by atoms with Gasteiger partial charge in [-0.3, -0.25) is 0 Å². The largest absolute Gasteiger partial charge is 0.389 e. The highest BCUT2D eigenvalue weighted by Crippen LogP contribution is 2.20. The number of hydrogen-bond acceptors (Lipinski definition) is 4. The van der Waals surface area contributed by atoms with Crippen molar-refractivity contribution in [1.29, 1.82) is 0 Å². The Morgan fingerprint density at radius 1 is 1.26 bits per heavy atom. The third kappa shape index (κ3) is 5.19. The highest BCUT2D eigenvalue weighted by Gasteiger charge is 2.11. The highest BCUT2D eigenvalue weighted by molar-refractivity contribution is 5.46. The van der Waals surface area contributed by atoms with Crippen molar-refractivity contribution in [2.24, 2.45) is 0 Å². The number of aliphatic hydroxyl groups is 1. The molecular formula is C15H26N2O2. The van der Waals surface area contributed by atoms with E-state index in [-0.39, 0.29) is 6.04 Å². The Morgan fingerprint density at radius 2 is 1.89 bits per heavy atom. The van der Waals surface area contributed by atoms with Crippen molar-refractivity contribution in [1.82, 2.24) is 5.32 Å². The van der Waals surface area contributed by atoms with Crippen molar-refractivity contribution in [3.63, 3.8) is 0 Å². The molecule has 0 aliphatic rings. The summed E-state index contributed by atoms with van der Waals surface area (Å²) < 4.78 is 4.92. The number of hydrogen-bond donors (Lipinski definition) is 2. The fourth-order valence-corrected chi connectivity index (χ4v) is 2.03. The van der Waals surface area contributed by atoms with Crippen molar-refractivity contribution in [2.75, 3.05) is 39.3 Å². The molecule has 0 aliphatic carbocycles. The molecule has 2 atom stereocenters. The number of anilines is 1. The smallest absolute Gasteiger partial charge is 0.0897 e. The summed E-state index contributed by atoms with van der Waals surface area (Å²) in [6.07, 6.45) is 0.529. The summed E-state index contributed by atoms with van der Waals surface area (Å²) >= 11 is 0.